The van der Waals surface area contributed by atoms with Gasteiger partial charge in [-0.25, -0.2) is 0 Å². The van der Waals surface area contributed by atoms with Crippen molar-refractivity contribution >= 4 is 11.3 Å². The average molecular weight is 289 g/mol. The number of nitrogens with one attached hydrogen (secondary N) is 1. The minimum absolute atomic E-state index is 0.218. The van der Waals surface area contributed by atoms with Crippen molar-refractivity contribution < 1.29 is 4.74 Å². The summed E-state index contributed by atoms with van der Waals surface area (Å²) in [6.07, 6.45) is 0. The molecule has 1 heterocycles. The number of hydrogen-bond donors (Lipinski definition) is 1. The maximum Gasteiger partial charge on any atom is 0.0657 e. The van der Waals surface area contributed by atoms with Crippen LogP contribution in [-0.4, -0.2) is 13.7 Å². The van der Waals surface area contributed by atoms with Crippen LogP contribution >= 0.6 is 11.3 Å². The summed E-state index contributed by atoms with van der Waals surface area (Å²) in [4.78, 5) is 1.39. The second-order valence-corrected chi connectivity index (χ2v) is 6.30. The predicted octanol–water partition coefficient (Wildman–Crippen LogP) is 4.42. The molecule has 0 saturated carbocycles. The number of rotatable bonds is 7. The van der Waals surface area contributed by atoms with Crippen LogP contribution in [-0.2, 0) is 4.74 Å². The van der Waals surface area contributed by atoms with E-state index in [1.807, 2.05) is 17.4 Å². The molecule has 2 unspecified atom stereocenters. The first kappa shape index (κ1) is 15.2. The smallest absolute Gasteiger partial charge is 0.0657 e. The van der Waals surface area contributed by atoms with Crippen LogP contribution in [0.4, 0.5) is 0 Å². The third kappa shape index (κ3) is 3.92. The van der Waals surface area contributed by atoms with E-state index in [2.05, 4.69) is 60.9 Å². The largest absolute Gasteiger partial charge is 0.383 e. The molecule has 0 aliphatic heterocycles. The van der Waals surface area contributed by atoms with E-state index in [4.69, 9.17) is 4.74 Å². The van der Waals surface area contributed by atoms with Gasteiger partial charge in [0.15, 0.2) is 0 Å². The van der Waals surface area contributed by atoms with Crippen molar-refractivity contribution in [3.8, 4) is 0 Å². The third-order valence-electron chi connectivity index (χ3n) is 3.43. The van der Waals surface area contributed by atoms with Gasteiger partial charge >= 0.3 is 0 Å². The number of thiophene rings is 1. The van der Waals surface area contributed by atoms with E-state index in [9.17, 15) is 0 Å². The maximum absolute atomic E-state index is 5.40. The lowest BCUT2D eigenvalue weighted by atomic mass is 9.99. The molecule has 2 rings (SSSR count). The van der Waals surface area contributed by atoms with Gasteiger partial charge in [-0.1, -0.05) is 50.2 Å². The average Bonchev–Trinajstić information content (AvgIpc) is 2.97. The molecule has 1 aromatic heterocycles. The molecule has 108 valence electrons. The zero-order valence-corrected chi connectivity index (χ0v) is 13.2. The van der Waals surface area contributed by atoms with Crippen LogP contribution in [0.2, 0.25) is 0 Å². The van der Waals surface area contributed by atoms with Crippen molar-refractivity contribution in [1.29, 1.82) is 0 Å². The Labute approximate surface area is 125 Å². The van der Waals surface area contributed by atoms with Gasteiger partial charge in [0.1, 0.15) is 0 Å². The number of benzene rings is 1. The lowest BCUT2D eigenvalue weighted by Gasteiger charge is -2.28. The molecule has 0 spiro atoms. The van der Waals surface area contributed by atoms with Gasteiger partial charge in [0, 0.05) is 18.0 Å². The highest BCUT2D eigenvalue weighted by Gasteiger charge is 2.21. The fourth-order valence-electron chi connectivity index (χ4n) is 2.38. The second kappa shape index (κ2) is 7.58. The molecule has 2 atom stereocenters. The number of ether oxygens (including phenoxy) is 1. The van der Waals surface area contributed by atoms with Gasteiger partial charge < -0.3 is 10.1 Å². The van der Waals surface area contributed by atoms with Crippen molar-refractivity contribution in [2.24, 2.45) is 5.92 Å². The number of hydrogen-bond acceptors (Lipinski definition) is 3. The fourth-order valence-corrected chi connectivity index (χ4v) is 3.34. The van der Waals surface area contributed by atoms with Crippen molar-refractivity contribution in [1.82, 2.24) is 5.32 Å². The summed E-state index contributed by atoms with van der Waals surface area (Å²) >= 11 is 1.81. The normalized spacial score (nSPS) is 14.4. The van der Waals surface area contributed by atoms with E-state index in [0.717, 1.165) is 0 Å². The van der Waals surface area contributed by atoms with Gasteiger partial charge in [0.2, 0.25) is 0 Å². The topological polar surface area (TPSA) is 21.3 Å². The van der Waals surface area contributed by atoms with Crippen LogP contribution in [0.25, 0.3) is 0 Å². The van der Waals surface area contributed by atoms with E-state index in [1.165, 1.54) is 10.4 Å². The van der Waals surface area contributed by atoms with Crippen LogP contribution in [0.3, 0.4) is 0 Å². The first-order valence-electron chi connectivity index (χ1n) is 7.05. The fraction of sp³-hybridized carbons (Fsp3) is 0.412. The lowest BCUT2D eigenvalue weighted by molar-refractivity contribution is 0.156. The number of methoxy groups -OCH3 is 1. The highest BCUT2D eigenvalue weighted by Crippen LogP contribution is 2.29. The summed E-state index contributed by atoms with van der Waals surface area (Å²) in [6.45, 7) is 5.19. The summed E-state index contributed by atoms with van der Waals surface area (Å²) in [5.74, 6) is 0.539. The Bertz CT molecular complexity index is 481. The van der Waals surface area contributed by atoms with Crippen molar-refractivity contribution in [2.45, 2.75) is 25.9 Å². The molecule has 3 heteroatoms. The Morgan fingerprint density at radius 1 is 1.10 bits per heavy atom. The standard InChI is InChI=1S/C17H23NOS/c1-13(2)17(16-10-7-11-20-16)18-15(12-19-3)14-8-5-4-6-9-14/h4-11,13,15,17-18H,12H2,1-3H3. The highest BCUT2D eigenvalue weighted by atomic mass is 32.1. The Morgan fingerprint density at radius 2 is 1.85 bits per heavy atom. The molecular formula is C17H23NOS. The molecule has 2 nitrogen and oxygen atoms in total. The minimum Gasteiger partial charge on any atom is -0.383 e. The van der Waals surface area contributed by atoms with E-state index < -0.39 is 0 Å². The zero-order chi connectivity index (χ0) is 14.4. The highest BCUT2D eigenvalue weighted by molar-refractivity contribution is 7.10. The van der Waals surface area contributed by atoms with E-state index in [1.54, 1.807) is 7.11 Å². The third-order valence-corrected chi connectivity index (χ3v) is 4.39. The molecule has 20 heavy (non-hydrogen) atoms. The Kier molecular flexibility index (Phi) is 5.77. The van der Waals surface area contributed by atoms with Gasteiger partial charge in [-0.3, -0.25) is 0 Å². The second-order valence-electron chi connectivity index (χ2n) is 5.32. The van der Waals surface area contributed by atoms with Crippen LogP contribution in [0.1, 0.15) is 36.4 Å². The molecular weight excluding hydrogens is 266 g/mol. The lowest BCUT2D eigenvalue weighted by Crippen LogP contribution is -2.31. The van der Waals surface area contributed by atoms with Crippen molar-refractivity contribution in [2.75, 3.05) is 13.7 Å². The molecule has 0 aliphatic rings. The summed E-state index contributed by atoms with van der Waals surface area (Å²) in [5, 5.41) is 5.90. The molecule has 0 saturated heterocycles. The van der Waals surface area contributed by atoms with Gasteiger partial charge in [-0.2, -0.15) is 0 Å². The first-order valence-corrected chi connectivity index (χ1v) is 7.93. The van der Waals surface area contributed by atoms with Crippen molar-refractivity contribution in [3.05, 3.63) is 58.3 Å². The molecule has 0 fully saturated rings. The maximum atomic E-state index is 5.40. The van der Waals surface area contributed by atoms with Crippen LogP contribution < -0.4 is 5.32 Å². The molecule has 0 bridgehead atoms. The summed E-state index contributed by atoms with van der Waals surface area (Å²) < 4.78 is 5.40. The predicted molar refractivity (Wildman–Crippen MR) is 86.1 cm³/mol. The Hall–Kier alpha value is -1.16. The summed E-state index contributed by atoms with van der Waals surface area (Å²) in [7, 11) is 1.76. The SMILES string of the molecule is COCC(NC(c1cccs1)C(C)C)c1ccccc1. The molecule has 1 aromatic carbocycles. The Balaban J connectivity index is 2.17. The molecule has 0 amide bonds. The summed E-state index contributed by atoms with van der Waals surface area (Å²) in [6, 6.07) is 15.4. The van der Waals surface area contributed by atoms with Crippen LogP contribution in [0, 0.1) is 5.92 Å². The monoisotopic (exact) mass is 289 g/mol. The molecule has 0 radical (unpaired) electrons. The zero-order valence-electron chi connectivity index (χ0n) is 12.4. The van der Waals surface area contributed by atoms with Gasteiger partial charge in [-0.05, 0) is 22.9 Å². The van der Waals surface area contributed by atoms with Crippen LogP contribution in [0.5, 0.6) is 0 Å². The Morgan fingerprint density at radius 3 is 2.40 bits per heavy atom. The molecule has 2 aromatic rings. The van der Waals surface area contributed by atoms with Crippen LogP contribution in [0.15, 0.2) is 47.8 Å². The quantitative estimate of drug-likeness (QED) is 0.814. The van der Waals surface area contributed by atoms with E-state index in [-0.39, 0.29) is 6.04 Å². The first-order chi connectivity index (χ1) is 9.72. The van der Waals surface area contributed by atoms with E-state index in [0.29, 0.717) is 18.6 Å². The summed E-state index contributed by atoms with van der Waals surface area (Å²) in [5.41, 5.74) is 1.27. The van der Waals surface area contributed by atoms with Gasteiger partial charge in [0.25, 0.3) is 0 Å². The van der Waals surface area contributed by atoms with Gasteiger partial charge in [-0.15, -0.1) is 11.3 Å². The molecule has 0 aliphatic carbocycles. The van der Waals surface area contributed by atoms with Crippen molar-refractivity contribution in [3.63, 3.8) is 0 Å². The van der Waals surface area contributed by atoms with Gasteiger partial charge in [0.05, 0.1) is 12.6 Å². The molecule has 1 N–H and O–H groups in total. The minimum atomic E-state index is 0.218. The van der Waals surface area contributed by atoms with E-state index >= 15 is 0 Å².